The van der Waals surface area contributed by atoms with Crippen LogP contribution in [0.25, 0.3) is 0 Å². The molecule has 154 valence electrons. The Morgan fingerprint density at radius 1 is 0.929 bits per heavy atom. The average molecular weight is 394 g/mol. The van der Waals surface area contributed by atoms with Gasteiger partial charge in [-0.25, -0.2) is 4.79 Å². The molecule has 1 N–H and O–H groups in total. The summed E-state index contributed by atoms with van der Waals surface area (Å²) in [6.45, 7) is 0. The fourth-order valence-corrected chi connectivity index (χ4v) is 5.12. The molecule has 2 aliphatic rings. The van der Waals surface area contributed by atoms with Gasteiger partial charge in [-0.15, -0.1) is 0 Å². The third-order valence-electron chi connectivity index (χ3n) is 6.77. The molecule has 2 fully saturated rings. The van der Waals surface area contributed by atoms with Gasteiger partial charge in [-0.2, -0.15) is 13.2 Å². The molecule has 5 heteroatoms. The normalized spacial score (nSPS) is 29.1. The van der Waals surface area contributed by atoms with Crippen LogP contribution in [-0.2, 0) is 11.0 Å². The first kappa shape index (κ1) is 20.9. The van der Waals surface area contributed by atoms with Crippen LogP contribution < -0.4 is 0 Å². The maximum atomic E-state index is 12.7. The lowest BCUT2D eigenvalue weighted by Crippen LogP contribution is -2.25. The average Bonchev–Trinajstić information content (AvgIpc) is 2.68. The van der Waals surface area contributed by atoms with Gasteiger partial charge in [-0.3, -0.25) is 0 Å². The number of hydrogen-bond acceptors (Lipinski definition) is 1. The maximum absolute atomic E-state index is 12.7. The SMILES string of the molecule is O=C(O)/C=C/CC1CCC(C2CCC(c3ccc(C(F)(F)F)cc3)CC2)CC1. The largest absolute Gasteiger partial charge is 0.478 e. The van der Waals surface area contributed by atoms with E-state index in [0.717, 1.165) is 36.7 Å². The molecule has 0 bridgehead atoms. The Labute approximate surface area is 164 Å². The molecule has 3 rings (SSSR count). The van der Waals surface area contributed by atoms with Crippen LogP contribution in [-0.4, -0.2) is 11.1 Å². The first-order valence-corrected chi connectivity index (χ1v) is 10.4. The number of alkyl halides is 3. The Kier molecular flexibility index (Phi) is 6.84. The van der Waals surface area contributed by atoms with E-state index in [4.69, 9.17) is 5.11 Å². The van der Waals surface area contributed by atoms with Crippen LogP contribution in [0.15, 0.2) is 36.4 Å². The summed E-state index contributed by atoms with van der Waals surface area (Å²) in [7, 11) is 0. The van der Waals surface area contributed by atoms with E-state index < -0.39 is 17.7 Å². The van der Waals surface area contributed by atoms with Crippen LogP contribution in [0.3, 0.4) is 0 Å². The van der Waals surface area contributed by atoms with Crippen LogP contribution in [0.4, 0.5) is 13.2 Å². The molecule has 0 atom stereocenters. The highest BCUT2D eigenvalue weighted by Gasteiger charge is 2.32. The van der Waals surface area contributed by atoms with Crippen molar-refractivity contribution < 1.29 is 23.1 Å². The zero-order valence-electron chi connectivity index (χ0n) is 16.1. The maximum Gasteiger partial charge on any atom is 0.416 e. The minimum absolute atomic E-state index is 0.385. The summed E-state index contributed by atoms with van der Waals surface area (Å²) in [5.74, 6) is 1.61. The van der Waals surface area contributed by atoms with Crippen LogP contribution in [0.2, 0.25) is 0 Å². The van der Waals surface area contributed by atoms with E-state index in [1.807, 2.05) is 0 Å². The van der Waals surface area contributed by atoms with Crippen LogP contribution in [0.5, 0.6) is 0 Å². The van der Waals surface area contributed by atoms with Crippen molar-refractivity contribution in [2.45, 2.75) is 69.9 Å². The van der Waals surface area contributed by atoms with Crippen molar-refractivity contribution in [1.29, 1.82) is 0 Å². The number of benzene rings is 1. The lowest BCUT2D eigenvalue weighted by Gasteiger charge is -2.38. The molecular formula is C23H29F3O2. The Balaban J connectivity index is 1.44. The first-order valence-electron chi connectivity index (χ1n) is 10.4. The third kappa shape index (κ3) is 5.62. The van der Waals surface area contributed by atoms with Crippen molar-refractivity contribution in [1.82, 2.24) is 0 Å². The van der Waals surface area contributed by atoms with Gasteiger partial charge in [0.15, 0.2) is 0 Å². The van der Waals surface area contributed by atoms with Crippen molar-refractivity contribution in [2.24, 2.45) is 17.8 Å². The second-order valence-corrected chi connectivity index (χ2v) is 8.49. The summed E-state index contributed by atoms with van der Waals surface area (Å²) in [5, 5.41) is 8.67. The van der Waals surface area contributed by atoms with Gasteiger partial charge < -0.3 is 5.11 Å². The van der Waals surface area contributed by atoms with Gasteiger partial charge in [0.2, 0.25) is 0 Å². The predicted molar refractivity (Wildman–Crippen MR) is 103 cm³/mol. The van der Waals surface area contributed by atoms with E-state index >= 15 is 0 Å². The number of halogens is 3. The molecule has 0 aliphatic heterocycles. The van der Waals surface area contributed by atoms with Crippen molar-refractivity contribution >= 4 is 5.97 Å². The summed E-state index contributed by atoms with van der Waals surface area (Å²) in [6.07, 6.45) is 8.88. The number of rotatable bonds is 5. The second kappa shape index (κ2) is 9.15. The van der Waals surface area contributed by atoms with Gasteiger partial charge in [-0.05, 0) is 99.2 Å². The minimum atomic E-state index is -4.27. The van der Waals surface area contributed by atoms with Crippen molar-refractivity contribution in [3.63, 3.8) is 0 Å². The van der Waals surface area contributed by atoms with E-state index in [2.05, 4.69) is 0 Å². The molecule has 0 saturated heterocycles. The summed E-state index contributed by atoms with van der Waals surface area (Å²) >= 11 is 0. The van der Waals surface area contributed by atoms with Crippen molar-refractivity contribution in [3.05, 3.63) is 47.5 Å². The lowest BCUT2D eigenvalue weighted by atomic mass is 9.68. The molecular weight excluding hydrogens is 365 g/mol. The summed E-state index contributed by atoms with van der Waals surface area (Å²) in [6, 6.07) is 5.73. The summed E-state index contributed by atoms with van der Waals surface area (Å²) in [5.41, 5.74) is 0.472. The van der Waals surface area contributed by atoms with E-state index in [0.29, 0.717) is 11.8 Å². The zero-order chi connectivity index (χ0) is 20.1. The van der Waals surface area contributed by atoms with Gasteiger partial charge >= 0.3 is 12.1 Å². The van der Waals surface area contributed by atoms with Gasteiger partial charge in [0.1, 0.15) is 0 Å². The number of carboxylic acids is 1. The number of aliphatic carboxylic acids is 1. The lowest BCUT2D eigenvalue weighted by molar-refractivity contribution is -0.137. The fourth-order valence-electron chi connectivity index (χ4n) is 5.12. The Morgan fingerprint density at radius 3 is 1.96 bits per heavy atom. The summed E-state index contributed by atoms with van der Waals surface area (Å²) < 4.78 is 38.2. The molecule has 2 saturated carbocycles. The number of hydrogen-bond donors (Lipinski definition) is 1. The first-order chi connectivity index (χ1) is 13.3. The molecule has 0 aromatic heterocycles. The van der Waals surface area contributed by atoms with Gasteiger partial charge in [0.05, 0.1) is 5.56 Å². The van der Waals surface area contributed by atoms with Gasteiger partial charge in [0.25, 0.3) is 0 Å². The highest BCUT2D eigenvalue weighted by atomic mass is 19.4. The van der Waals surface area contributed by atoms with Gasteiger partial charge in [0, 0.05) is 6.08 Å². The molecule has 0 radical (unpaired) electrons. The molecule has 2 nitrogen and oxygen atoms in total. The highest BCUT2D eigenvalue weighted by molar-refractivity contribution is 5.79. The van der Waals surface area contributed by atoms with E-state index in [1.165, 1.54) is 56.7 Å². The van der Waals surface area contributed by atoms with Crippen molar-refractivity contribution in [2.75, 3.05) is 0 Å². The van der Waals surface area contributed by atoms with E-state index in [1.54, 1.807) is 18.2 Å². The predicted octanol–water partition coefficient (Wildman–Crippen LogP) is 6.82. The molecule has 28 heavy (non-hydrogen) atoms. The molecule has 0 heterocycles. The Morgan fingerprint density at radius 2 is 1.46 bits per heavy atom. The number of allylic oxidation sites excluding steroid dienone is 1. The van der Waals surface area contributed by atoms with E-state index in [-0.39, 0.29) is 0 Å². The quantitative estimate of drug-likeness (QED) is 0.557. The standard InChI is InChI=1S/C23H29F3O2/c24-23(25,26)21-14-12-20(13-15-21)19-10-8-18(9-11-19)17-6-4-16(5-7-17)2-1-3-22(27)28/h1,3,12-19H,2,4-11H2,(H,27,28)/b3-1+. The molecule has 0 amide bonds. The summed E-state index contributed by atoms with van der Waals surface area (Å²) in [4.78, 5) is 10.6. The topological polar surface area (TPSA) is 37.3 Å². The molecule has 0 unspecified atom stereocenters. The van der Waals surface area contributed by atoms with Crippen molar-refractivity contribution in [3.8, 4) is 0 Å². The molecule has 2 aliphatic carbocycles. The highest BCUT2D eigenvalue weighted by Crippen LogP contribution is 2.44. The monoisotopic (exact) mass is 394 g/mol. The molecule has 1 aromatic rings. The van der Waals surface area contributed by atoms with E-state index in [9.17, 15) is 18.0 Å². The molecule has 0 spiro atoms. The smallest absolute Gasteiger partial charge is 0.416 e. The van der Waals surface area contributed by atoms with Crippen LogP contribution >= 0.6 is 0 Å². The zero-order valence-corrected chi connectivity index (χ0v) is 16.1. The number of carbonyl (C=O) groups is 1. The Hall–Kier alpha value is -1.78. The fraction of sp³-hybridized carbons (Fsp3) is 0.609. The van der Waals surface area contributed by atoms with Crippen LogP contribution in [0, 0.1) is 17.8 Å². The van der Waals surface area contributed by atoms with Crippen LogP contribution in [0.1, 0.15) is 74.8 Å². The second-order valence-electron chi connectivity index (χ2n) is 8.49. The van der Waals surface area contributed by atoms with Gasteiger partial charge in [-0.1, -0.05) is 18.2 Å². The minimum Gasteiger partial charge on any atom is -0.478 e. The number of carboxylic acid groups (broad SMARTS) is 1. The third-order valence-corrected chi connectivity index (χ3v) is 6.77. The molecule has 1 aromatic carbocycles. The Bertz CT molecular complexity index is 662.